The maximum absolute atomic E-state index is 3.44. The number of allylic oxidation sites excluding steroid dienone is 1. The third-order valence-electron chi connectivity index (χ3n) is 0.712. The number of rotatable bonds is 1. The zero-order valence-corrected chi connectivity index (χ0v) is 4.28. The highest BCUT2D eigenvalue weighted by Crippen LogP contribution is 1.79. The normalized spacial score (nSPS) is 6.33. The van der Waals surface area contributed by atoms with Crippen LogP contribution in [0.25, 0.3) is 0 Å². The van der Waals surface area contributed by atoms with Crippen molar-refractivity contribution in [1.29, 1.82) is 0 Å². The van der Waals surface area contributed by atoms with Crippen LogP contribution >= 0.6 is 0 Å². The number of hydrogen-bond donors (Lipinski definition) is 0. The molecule has 0 nitrogen and oxygen atoms in total. The van der Waals surface area contributed by atoms with Crippen LogP contribution in [0.2, 0.25) is 6.82 Å². The van der Waals surface area contributed by atoms with Gasteiger partial charge in [0.15, 0.2) is 7.28 Å². The SMILES string of the molecule is C=C=C(C)[B]C. The van der Waals surface area contributed by atoms with E-state index < -0.39 is 0 Å². The van der Waals surface area contributed by atoms with Gasteiger partial charge in [-0.25, -0.2) is 0 Å². The van der Waals surface area contributed by atoms with Crippen LogP contribution in [0.15, 0.2) is 17.8 Å². The minimum absolute atomic E-state index is 1.11. The molecule has 0 spiro atoms. The van der Waals surface area contributed by atoms with Gasteiger partial charge in [-0.1, -0.05) is 18.9 Å². The molecule has 0 aromatic rings. The zero-order chi connectivity index (χ0) is 4.99. The van der Waals surface area contributed by atoms with Gasteiger partial charge in [-0.15, -0.1) is 5.73 Å². The van der Waals surface area contributed by atoms with Crippen molar-refractivity contribution in [1.82, 2.24) is 0 Å². The molecule has 6 heavy (non-hydrogen) atoms. The first-order valence-corrected chi connectivity index (χ1v) is 1.97. The van der Waals surface area contributed by atoms with Crippen LogP contribution in [-0.2, 0) is 0 Å². The smallest absolute Gasteiger partial charge is 0.140 e. The fourth-order valence-corrected chi connectivity index (χ4v) is 0.102. The molecule has 0 rings (SSSR count). The highest BCUT2D eigenvalue weighted by atomic mass is 13.6. The molecule has 0 atom stereocenters. The summed E-state index contributed by atoms with van der Waals surface area (Å²) in [6.45, 7) is 7.37. The molecule has 0 amide bonds. The van der Waals surface area contributed by atoms with E-state index in [1.807, 2.05) is 21.0 Å². The van der Waals surface area contributed by atoms with Crippen LogP contribution in [-0.4, -0.2) is 7.28 Å². The van der Waals surface area contributed by atoms with Crippen LogP contribution < -0.4 is 0 Å². The van der Waals surface area contributed by atoms with Crippen molar-refractivity contribution < 1.29 is 0 Å². The summed E-state index contributed by atoms with van der Waals surface area (Å²) in [7, 11) is 1.97. The second-order valence-electron chi connectivity index (χ2n) is 1.15. The third-order valence-corrected chi connectivity index (χ3v) is 0.712. The molecule has 0 saturated carbocycles. The molecule has 0 fully saturated rings. The van der Waals surface area contributed by atoms with Crippen molar-refractivity contribution in [2.75, 3.05) is 0 Å². The molecular formula is C5H8B. The summed E-state index contributed by atoms with van der Waals surface area (Å²) in [6, 6.07) is 0. The summed E-state index contributed by atoms with van der Waals surface area (Å²) in [6.07, 6.45) is 0. The molecule has 0 aromatic carbocycles. The van der Waals surface area contributed by atoms with E-state index in [0.29, 0.717) is 0 Å². The molecule has 1 heteroatoms. The standard InChI is InChI=1S/C5H8B/c1-4-5(2)6-3/h1H2,2-3H3. The average molecular weight is 78.9 g/mol. The minimum atomic E-state index is 1.11. The lowest BCUT2D eigenvalue weighted by Gasteiger charge is -1.77. The van der Waals surface area contributed by atoms with E-state index in [9.17, 15) is 0 Å². The third kappa shape index (κ3) is 1.86. The van der Waals surface area contributed by atoms with Crippen molar-refractivity contribution in [3.8, 4) is 0 Å². The molecule has 0 aromatic heterocycles. The van der Waals surface area contributed by atoms with E-state index in [2.05, 4.69) is 12.3 Å². The van der Waals surface area contributed by atoms with Gasteiger partial charge in [0.25, 0.3) is 0 Å². The Bertz CT molecular complexity index is 77.9. The molecule has 31 valence electrons. The monoisotopic (exact) mass is 79.1 g/mol. The summed E-state index contributed by atoms with van der Waals surface area (Å²) in [5, 5.41) is 0. The van der Waals surface area contributed by atoms with Gasteiger partial charge in [0.2, 0.25) is 0 Å². The fourth-order valence-electron chi connectivity index (χ4n) is 0.102. The molecule has 0 unspecified atom stereocenters. The lowest BCUT2D eigenvalue weighted by molar-refractivity contribution is 1.67. The van der Waals surface area contributed by atoms with Gasteiger partial charge in [-0.2, -0.15) is 0 Å². The van der Waals surface area contributed by atoms with E-state index in [1.165, 1.54) is 0 Å². The van der Waals surface area contributed by atoms with Crippen molar-refractivity contribution in [3.63, 3.8) is 0 Å². The topological polar surface area (TPSA) is 0 Å². The van der Waals surface area contributed by atoms with Crippen molar-refractivity contribution in [2.24, 2.45) is 0 Å². The van der Waals surface area contributed by atoms with E-state index >= 15 is 0 Å². The summed E-state index contributed by atoms with van der Waals surface area (Å²) >= 11 is 0. The maximum atomic E-state index is 3.44. The maximum Gasteiger partial charge on any atom is 0.153 e. The van der Waals surface area contributed by atoms with Crippen molar-refractivity contribution >= 4 is 7.28 Å². The van der Waals surface area contributed by atoms with Crippen LogP contribution in [0, 0.1) is 0 Å². The molecule has 0 N–H and O–H groups in total. The van der Waals surface area contributed by atoms with Crippen molar-refractivity contribution in [3.05, 3.63) is 17.8 Å². The summed E-state index contributed by atoms with van der Waals surface area (Å²) in [5.41, 5.74) is 3.83. The van der Waals surface area contributed by atoms with Crippen LogP contribution in [0.3, 0.4) is 0 Å². The fraction of sp³-hybridized carbons (Fsp3) is 0.400. The molecule has 0 aliphatic rings. The Morgan fingerprint density at radius 1 is 1.83 bits per heavy atom. The Balaban J connectivity index is 3.52. The van der Waals surface area contributed by atoms with Crippen LogP contribution in [0.1, 0.15) is 6.92 Å². The first-order chi connectivity index (χ1) is 2.81. The van der Waals surface area contributed by atoms with Gasteiger partial charge in [0, 0.05) is 0 Å². The van der Waals surface area contributed by atoms with Crippen LogP contribution in [0.5, 0.6) is 0 Å². The zero-order valence-electron chi connectivity index (χ0n) is 4.28. The Kier molecular flexibility index (Phi) is 2.61. The largest absolute Gasteiger partial charge is 0.153 e. The van der Waals surface area contributed by atoms with Gasteiger partial charge in [-0.05, 0) is 6.92 Å². The summed E-state index contributed by atoms with van der Waals surface area (Å²) in [4.78, 5) is 0. The highest BCUT2D eigenvalue weighted by molar-refractivity contribution is 6.43. The molecule has 0 saturated heterocycles. The average Bonchev–Trinajstić information content (AvgIpc) is 1.65. The molecule has 1 radical (unpaired) electrons. The highest BCUT2D eigenvalue weighted by Gasteiger charge is 1.75. The second kappa shape index (κ2) is 2.80. The van der Waals surface area contributed by atoms with E-state index in [1.54, 1.807) is 0 Å². The predicted octanol–water partition coefficient (Wildman–Crippen LogP) is 1.43. The van der Waals surface area contributed by atoms with Gasteiger partial charge >= 0.3 is 0 Å². The Labute approximate surface area is 39.8 Å². The first-order valence-electron chi connectivity index (χ1n) is 1.97. The lowest BCUT2D eigenvalue weighted by Crippen LogP contribution is -1.78. The second-order valence-corrected chi connectivity index (χ2v) is 1.15. The first kappa shape index (κ1) is 5.58. The molecule has 0 aliphatic carbocycles. The predicted molar refractivity (Wildman–Crippen MR) is 29.9 cm³/mol. The quantitative estimate of drug-likeness (QED) is 0.329. The van der Waals surface area contributed by atoms with Gasteiger partial charge in [0.1, 0.15) is 0 Å². The molecule has 0 heterocycles. The summed E-state index contributed by atoms with van der Waals surface area (Å²) < 4.78 is 0. The van der Waals surface area contributed by atoms with E-state index in [0.717, 1.165) is 5.47 Å². The van der Waals surface area contributed by atoms with Gasteiger partial charge in [-0.3, -0.25) is 0 Å². The summed E-state index contributed by atoms with van der Waals surface area (Å²) in [5.74, 6) is 0. The van der Waals surface area contributed by atoms with E-state index in [-0.39, 0.29) is 0 Å². The lowest BCUT2D eigenvalue weighted by atomic mass is 9.74. The van der Waals surface area contributed by atoms with E-state index in [4.69, 9.17) is 0 Å². The van der Waals surface area contributed by atoms with Gasteiger partial charge in [0.05, 0.1) is 0 Å². The van der Waals surface area contributed by atoms with Gasteiger partial charge < -0.3 is 0 Å². The minimum Gasteiger partial charge on any atom is -0.140 e. The molecule has 0 bridgehead atoms. The molecular weight excluding hydrogens is 70.9 g/mol. The molecule has 0 aliphatic heterocycles. The Morgan fingerprint density at radius 3 is 2.33 bits per heavy atom. The Morgan fingerprint density at radius 2 is 2.33 bits per heavy atom. The number of hydrogen-bond acceptors (Lipinski definition) is 0. The Hall–Kier alpha value is -0.415. The van der Waals surface area contributed by atoms with Crippen LogP contribution in [0.4, 0.5) is 0 Å². The van der Waals surface area contributed by atoms with Crippen molar-refractivity contribution in [2.45, 2.75) is 13.7 Å².